The maximum Gasteiger partial charge on any atom is 0.240 e. The molecule has 0 radical (unpaired) electrons. The van der Waals surface area contributed by atoms with Crippen molar-refractivity contribution < 1.29 is 22.3 Å². The maximum absolute atomic E-state index is 14.1. The van der Waals surface area contributed by atoms with Gasteiger partial charge in [0, 0.05) is 19.7 Å². The minimum Gasteiger partial charge on any atom is -0.380 e. The molecule has 9 heteroatoms. The third-order valence-electron chi connectivity index (χ3n) is 4.78. The molecular formula is C17H20FN3O4S. The highest BCUT2D eigenvalue weighted by molar-refractivity contribution is 7.90. The van der Waals surface area contributed by atoms with E-state index in [1.807, 2.05) is 6.07 Å². The summed E-state index contributed by atoms with van der Waals surface area (Å²) in [7, 11) is -3.77. The normalized spacial score (nSPS) is 23.5. The van der Waals surface area contributed by atoms with E-state index in [0.29, 0.717) is 38.1 Å². The first-order valence-corrected chi connectivity index (χ1v) is 10.0. The molecule has 2 heterocycles. The highest BCUT2D eigenvalue weighted by Crippen LogP contribution is 2.27. The van der Waals surface area contributed by atoms with Gasteiger partial charge in [-0.1, -0.05) is 0 Å². The molecule has 2 saturated heterocycles. The van der Waals surface area contributed by atoms with Crippen LogP contribution in [0, 0.1) is 23.1 Å². The molecule has 1 aromatic rings. The minimum absolute atomic E-state index is 0.0931. The molecule has 3 rings (SSSR count). The van der Waals surface area contributed by atoms with Crippen LogP contribution >= 0.6 is 0 Å². The van der Waals surface area contributed by atoms with Gasteiger partial charge in [0.25, 0.3) is 0 Å². The number of carbonyl (C=O) groups is 1. The molecule has 2 aliphatic rings. The van der Waals surface area contributed by atoms with Crippen molar-refractivity contribution in [3.8, 4) is 6.07 Å². The molecule has 2 aliphatic heterocycles. The van der Waals surface area contributed by atoms with Crippen LogP contribution < -0.4 is 9.62 Å². The van der Waals surface area contributed by atoms with Crippen LogP contribution in [0.3, 0.4) is 0 Å². The van der Waals surface area contributed by atoms with Crippen molar-refractivity contribution in [2.45, 2.75) is 24.5 Å². The second kappa shape index (κ2) is 7.60. The van der Waals surface area contributed by atoms with E-state index in [1.165, 1.54) is 12.1 Å². The van der Waals surface area contributed by atoms with E-state index in [9.17, 15) is 17.6 Å². The first-order valence-electron chi connectivity index (χ1n) is 8.48. The molecule has 1 amide bonds. The number of carbonyl (C=O) groups excluding carboxylic acids is 1. The smallest absolute Gasteiger partial charge is 0.240 e. The second-order valence-electron chi connectivity index (χ2n) is 6.56. The maximum atomic E-state index is 14.1. The Hall–Kier alpha value is -2.18. The lowest BCUT2D eigenvalue weighted by Gasteiger charge is -2.23. The lowest BCUT2D eigenvalue weighted by molar-refractivity contribution is -0.122. The van der Waals surface area contributed by atoms with Gasteiger partial charge in [-0.15, -0.1) is 0 Å². The van der Waals surface area contributed by atoms with Crippen molar-refractivity contribution in [3.05, 3.63) is 29.6 Å². The summed E-state index contributed by atoms with van der Waals surface area (Å²) in [6.07, 6.45) is 1.55. The van der Waals surface area contributed by atoms with Crippen molar-refractivity contribution in [2.75, 3.05) is 31.2 Å². The van der Waals surface area contributed by atoms with E-state index < -0.39 is 32.9 Å². The predicted molar refractivity (Wildman–Crippen MR) is 92.3 cm³/mol. The van der Waals surface area contributed by atoms with Crippen LogP contribution in [-0.2, 0) is 19.6 Å². The molecule has 2 unspecified atom stereocenters. The van der Waals surface area contributed by atoms with Crippen LogP contribution in [0.5, 0.6) is 0 Å². The average Bonchev–Trinajstić information content (AvgIpc) is 3.12. The lowest BCUT2D eigenvalue weighted by atomic mass is 10.1. The molecule has 7 nitrogen and oxygen atoms in total. The molecule has 1 N–H and O–H groups in total. The van der Waals surface area contributed by atoms with Crippen molar-refractivity contribution in [1.82, 2.24) is 4.72 Å². The summed E-state index contributed by atoms with van der Waals surface area (Å²) in [6.45, 7) is 1.29. The Morgan fingerprint density at radius 3 is 2.85 bits per heavy atom. The van der Waals surface area contributed by atoms with E-state index >= 15 is 0 Å². The van der Waals surface area contributed by atoms with Crippen LogP contribution in [0.1, 0.15) is 24.8 Å². The van der Waals surface area contributed by atoms with E-state index in [2.05, 4.69) is 4.72 Å². The van der Waals surface area contributed by atoms with Gasteiger partial charge in [0.05, 0.1) is 29.8 Å². The summed E-state index contributed by atoms with van der Waals surface area (Å²) in [5, 5.41) is 8.09. The quantitative estimate of drug-likeness (QED) is 0.840. The summed E-state index contributed by atoms with van der Waals surface area (Å²) in [5.41, 5.74) is 0.531. The lowest BCUT2D eigenvalue weighted by Crippen LogP contribution is -2.44. The number of sulfonamides is 1. The third-order valence-corrected chi connectivity index (χ3v) is 6.51. The molecule has 0 bridgehead atoms. The fourth-order valence-electron chi connectivity index (χ4n) is 3.29. The molecule has 26 heavy (non-hydrogen) atoms. The number of nitriles is 1. The van der Waals surface area contributed by atoms with Crippen molar-refractivity contribution in [1.29, 1.82) is 5.26 Å². The van der Waals surface area contributed by atoms with Gasteiger partial charge < -0.3 is 9.64 Å². The number of halogens is 1. The van der Waals surface area contributed by atoms with Gasteiger partial charge in [-0.3, -0.25) is 9.52 Å². The zero-order valence-electron chi connectivity index (χ0n) is 14.2. The summed E-state index contributed by atoms with van der Waals surface area (Å²) in [5.74, 6) is -1.63. The summed E-state index contributed by atoms with van der Waals surface area (Å²) >= 11 is 0. The van der Waals surface area contributed by atoms with Crippen molar-refractivity contribution >= 4 is 21.6 Å². The number of benzene rings is 1. The zero-order chi connectivity index (χ0) is 18.7. The van der Waals surface area contributed by atoms with Gasteiger partial charge >= 0.3 is 0 Å². The van der Waals surface area contributed by atoms with Gasteiger partial charge in [0.15, 0.2) is 0 Å². The van der Waals surface area contributed by atoms with Crippen LogP contribution in [0.25, 0.3) is 0 Å². The molecule has 2 atom stereocenters. The molecule has 2 fully saturated rings. The summed E-state index contributed by atoms with van der Waals surface area (Å²) in [6, 6.07) is 6.04. The zero-order valence-corrected chi connectivity index (χ0v) is 15.0. The summed E-state index contributed by atoms with van der Waals surface area (Å²) in [4.78, 5) is 14.1. The Morgan fingerprint density at radius 2 is 2.19 bits per heavy atom. The molecule has 0 aromatic heterocycles. The van der Waals surface area contributed by atoms with Gasteiger partial charge in [0.1, 0.15) is 11.1 Å². The van der Waals surface area contributed by atoms with Crippen molar-refractivity contribution in [3.63, 3.8) is 0 Å². The number of amides is 1. The van der Waals surface area contributed by atoms with Gasteiger partial charge in [0.2, 0.25) is 15.9 Å². The highest BCUT2D eigenvalue weighted by Gasteiger charge is 2.35. The van der Waals surface area contributed by atoms with Crippen LogP contribution in [0.4, 0.5) is 10.1 Å². The van der Waals surface area contributed by atoms with Gasteiger partial charge in [-0.2, -0.15) is 5.26 Å². The standard InChI is InChI=1S/C17H20FN3O4S/c18-15-8-12(9-19)3-4-16(15)21-6-5-13(10-21)17(22)20-26(23,24)14-2-1-7-25-11-14/h3-4,8,13-14H,1-2,5-7,10-11H2,(H,20,22). The van der Waals surface area contributed by atoms with Crippen LogP contribution in [0.2, 0.25) is 0 Å². The summed E-state index contributed by atoms with van der Waals surface area (Å²) < 4.78 is 46.1. The Balaban J connectivity index is 1.63. The van der Waals surface area contributed by atoms with E-state index in [1.54, 1.807) is 4.90 Å². The van der Waals surface area contributed by atoms with Crippen LogP contribution in [-0.4, -0.2) is 45.9 Å². The Bertz CT molecular complexity index is 831. The first kappa shape index (κ1) is 18.6. The van der Waals surface area contributed by atoms with E-state index in [-0.39, 0.29) is 18.7 Å². The number of ether oxygens (including phenoxy) is 1. The predicted octanol–water partition coefficient (Wildman–Crippen LogP) is 1.15. The fraction of sp³-hybridized carbons (Fsp3) is 0.529. The SMILES string of the molecule is N#Cc1ccc(N2CCC(C(=O)NS(=O)(=O)C3CCCOC3)C2)c(F)c1. The number of rotatable bonds is 4. The minimum atomic E-state index is -3.77. The number of hydrogen-bond acceptors (Lipinski definition) is 6. The van der Waals surface area contributed by atoms with Gasteiger partial charge in [-0.25, -0.2) is 12.8 Å². The van der Waals surface area contributed by atoms with E-state index in [0.717, 1.165) is 6.07 Å². The van der Waals surface area contributed by atoms with Gasteiger partial charge in [-0.05, 0) is 37.5 Å². The Labute approximate surface area is 151 Å². The topological polar surface area (TPSA) is 99.5 Å². The fourth-order valence-corrected chi connectivity index (χ4v) is 4.65. The number of nitrogens with zero attached hydrogens (tertiary/aromatic N) is 2. The number of hydrogen-bond donors (Lipinski definition) is 1. The monoisotopic (exact) mass is 381 g/mol. The number of anilines is 1. The molecule has 0 spiro atoms. The van der Waals surface area contributed by atoms with E-state index in [4.69, 9.17) is 10.00 Å². The molecular weight excluding hydrogens is 361 g/mol. The molecule has 140 valence electrons. The Morgan fingerprint density at radius 1 is 1.38 bits per heavy atom. The highest BCUT2D eigenvalue weighted by atomic mass is 32.2. The largest absolute Gasteiger partial charge is 0.380 e. The number of nitrogens with one attached hydrogen (secondary N) is 1. The molecule has 0 aliphatic carbocycles. The Kier molecular flexibility index (Phi) is 5.44. The molecule has 1 aromatic carbocycles. The molecule has 0 saturated carbocycles. The van der Waals surface area contributed by atoms with Crippen LogP contribution in [0.15, 0.2) is 18.2 Å². The average molecular weight is 381 g/mol. The first-order chi connectivity index (χ1) is 12.4. The third kappa shape index (κ3) is 3.97. The van der Waals surface area contributed by atoms with Crippen molar-refractivity contribution in [2.24, 2.45) is 5.92 Å². The second-order valence-corrected chi connectivity index (χ2v) is 8.52.